The predicted molar refractivity (Wildman–Crippen MR) is 143 cm³/mol. The zero-order valence-electron chi connectivity index (χ0n) is 21.8. The molecule has 4 heterocycles. The number of allylic oxidation sites excluding steroid dienone is 1. The summed E-state index contributed by atoms with van der Waals surface area (Å²) in [5.74, 6) is 0.151. The van der Waals surface area contributed by atoms with Crippen molar-refractivity contribution in [2.24, 2.45) is 4.99 Å². The van der Waals surface area contributed by atoms with Crippen LogP contribution in [0.1, 0.15) is 44.4 Å². The smallest absolute Gasteiger partial charge is 0.324 e. The van der Waals surface area contributed by atoms with E-state index in [-0.39, 0.29) is 18.0 Å². The van der Waals surface area contributed by atoms with E-state index in [0.29, 0.717) is 61.5 Å². The molecule has 0 bridgehead atoms. The Kier molecular flexibility index (Phi) is 7.87. The minimum absolute atomic E-state index is 0.0989. The fourth-order valence-electron chi connectivity index (χ4n) is 4.78. The molecule has 2 aromatic rings. The van der Waals surface area contributed by atoms with Crippen molar-refractivity contribution in [2.45, 2.75) is 51.8 Å². The van der Waals surface area contributed by atoms with Crippen LogP contribution in [0.3, 0.4) is 0 Å². The van der Waals surface area contributed by atoms with Gasteiger partial charge in [0.1, 0.15) is 11.6 Å². The summed E-state index contributed by atoms with van der Waals surface area (Å²) < 4.78 is 5.14. The van der Waals surface area contributed by atoms with Crippen molar-refractivity contribution in [1.29, 1.82) is 0 Å². The van der Waals surface area contributed by atoms with Gasteiger partial charge in [-0.3, -0.25) is 14.7 Å². The van der Waals surface area contributed by atoms with Gasteiger partial charge in [-0.05, 0) is 50.0 Å². The average Bonchev–Trinajstić information content (AvgIpc) is 2.93. The van der Waals surface area contributed by atoms with E-state index >= 15 is 0 Å². The Labute approximate surface area is 217 Å². The second kappa shape index (κ2) is 11.1. The summed E-state index contributed by atoms with van der Waals surface area (Å²) in [5, 5.41) is 9.98. The van der Waals surface area contributed by atoms with Gasteiger partial charge in [0.25, 0.3) is 5.91 Å². The zero-order chi connectivity index (χ0) is 26.7. The number of hydrogen-bond acceptors (Lipinski definition) is 7. The van der Waals surface area contributed by atoms with Crippen molar-refractivity contribution < 1.29 is 19.4 Å². The van der Waals surface area contributed by atoms with Gasteiger partial charge in [0.2, 0.25) is 5.90 Å². The highest BCUT2D eigenvalue weighted by Gasteiger charge is 2.38. The predicted octanol–water partition coefficient (Wildman–Crippen LogP) is 3.36. The molecule has 2 aliphatic heterocycles. The SMILES string of the molecule is C=C/C(=N\C=C(/C)c1ccc2ncc3c(c2n1)N(C1CCN(C(=O)[C@H](O)CC)CC1)C(=O)N(C)C3)OC. The van der Waals surface area contributed by atoms with Gasteiger partial charge in [0.05, 0.1) is 30.6 Å². The first-order valence-corrected chi connectivity index (χ1v) is 12.5. The molecule has 1 saturated heterocycles. The van der Waals surface area contributed by atoms with Crippen LogP contribution in [0.5, 0.6) is 0 Å². The van der Waals surface area contributed by atoms with Crippen LogP contribution in [0, 0.1) is 0 Å². The van der Waals surface area contributed by atoms with E-state index in [4.69, 9.17) is 9.72 Å². The minimum atomic E-state index is -0.982. The van der Waals surface area contributed by atoms with Gasteiger partial charge >= 0.3 is 6.03 Å². The Morgan fingerprint density at radius 2 is 2.08 bits per heavy atom. The average molecular weight is 507 g/mol. The summed E-state index contributed by atoms with van der Waals surface area (Å²) in [6.07, 6.45) is 5.64. The number of aliphatic imine (C=N–C) groups is 1. The van der Waals surface area contributed by atoms with Gasteiger partial charge in [-0.1, -0.05) is 13.5 Å². The molecule has 1 fully saturated rings. The molecule has 0 aliphatic carbocycles. The van der Waals surface area contributed by atoms with Gasteiger partial charge in [-0.2, -0.15) is 0 Å². The first kappa shape index (κ1) is 26.3. The number of aliphatic hydroxyl groups is 1. The number of methoxy groups -OCH3 is 1. The number of nitrogens with zero attached hydrogens (tertiary/aromatic N) is 6. The molecule has 0 radical (unpaired) electrons. The number of hydrogen-bond donors (Lipinski definition) is 1. The summed E-state index contributed by atoms with van der Waals surface area (Å²) in [7, 11) is 3.31. The van der Waals surface area contributed by atoms with E-state index < -0.39 is 6.10 Å². The number of carbonyl (C=O) groups is 2. The van der Waals surface area contributed by atoms with Crippen molar-refractivity contribution in [3.63, 3.8) is 0 Å². The largest absolute Gasteiger partial charge is 0.481 e. The van der Waals surface area contributed by atoms with Crippen LogP contribution >= 0.6 is 0 Å². The third kappa shape index (κ3) is 5.20. The Balaban J connectivity index is 1.71. The standard InChI is InChI=1S/C27H34N6O4/c1-6-22(34)26(35)32-12-10-19(11-13-32)33-25-18(16-31(4)27(33)36)15-28-21-9-8-20(30-24(21)25)17(3)14-29-23(7-2)37-5/h7-9,14-15,19,22,34H,2,6,10-13,16H2,1,3-5H3/b17-14+,29-23+/t22-/m1/s1. The molecule has 10 heteroatoms. The molecule has 10 nitrogen and oxygen atoms in total. The summed E-state index contributed by atoms with van der Waals surface area (Å²) in [5.41, 5.74) is 4.59. The highest BCUT2D eigenvalue weighted by atomic mass is 16.5. The monoisotopic (exact) mass is 506 g/mol. The molecule has 2 aliphatic rings. The van der Waals surface area contributed by atoms with E-state index in [2.05, 4.69) is 16.6 Å². The van der Waals surface area contributed by atoms with Gasteiger partial charge in [-0.15, -0.1) is 0 Å². The molecule has 3 amide bonds. The normalized spacial score (nSPS) is 18.2. The molecule has 37 heavy (non-hydrogen) atoms. The van der Waals surface area contributed by atoms with Crippen LogP contribution in [-0.2, 0) is 16.1 Å². The number of rotatable bonds is 6. The summed E-state index contributed by atoms with van der Waals surface area (Å²) >= 11 is 0. The second-order valence-electron chi connectivity index (χ2n) is 9.37. The van der Waals surface area contributed by atoms with E-state index in [1.54, 1.807) is 30.0 Å². The van der Waals surface area contributed by atoms with E-state index in [9.17, 15) is 14.7 Å². The zero-order valence-corrected chi connectivity index (χ0v) is 21.8. The summed E-state index contributed by atoms with van der Waals surface area (Å²) in [6, 6.07) is 3.58. The lowest BCUT2D eigenvalue weighted by Crippen LogP contribution is -2.55. The van der Waals surface area contributed by atoms with Crippen LogP contribution in [-0.4, -0.2) is 82.1 Å². The number of ether oxygens (including phenoxy) is 1. The molecule has 2 aromatic heterocycles. The third-order valence-corrected chi connectivity index (χ3v) is 6.93. The molecule has 1 N–H and O–H groups in total. The fraction of sp³-hybridized carbons (Fsp3) is 0.444. The van der Waals surface area contributed by atoms with Crippen molar-refractivity contribution in [2.75, 3.05) is 32.1 Å². The topological polar surface area (TPSA) is 111 Å². The molecule has 0 spiro atoms. The lowest BCUT2D eigenvalue weighted by Gasteiger charge is -2.43. The molecule has 1 atom stereocenters. The van der Waals surface area contributed by atoms with Crippen molar-refractivity contribution in [3.8, 4) is 0 Å². The first-order valence-electron chi connectivity index (χ1n) is 12.5. The molecule has 0 saturated carbocycles. The number of urea groups is 1. The maximum atomic E-state index is 13.5. The first-order chi connectivity index (χ1) is 17.8. The molecule has 0 unspecified atom stereocenters. The van der Waals surface area contributed by atoms with Crippen molar-refractivity contribution in [3.05, 3.63) is 48.4 Å². The number of aromatic nitrogens is 2. The van der Waals surface area contributed by atoms with E-state index in [0.717, 1.165) is 16.8 Å². The van der Waals surface area contributed by atoms with Gasteiger partial charge < -0.3 is 19.6 Å². The number of amides is 3. The van der Waals surface area contributed by atoms with Crippen LogP contribution in [0.2, 0.25) is 0 Å². The summed E-state index contributed by atoms with van der Waals surface area (Å²) in [6.45, 7) is 8.78. The van der Waals surface area contributed by atoms with Gasteiger partial charge in [0.15, 0.2) is 0 Å². The third-order valence-electron chi connectivity index (χ3n) is 6.93. The van der Waals surface area contributed by atoms with Crippen LogP contribution < -0.4 is 4.90 Å². The molecule has 0 aromatic carbocycles. The van der Waals surface area contributed by atoms with Gasteiger partial charge in [0, 0.05) is 44.1 Å². The van der Waals surface area contributed by atoms with Crippen LogP contribution in [0.25, 0.3) is 16.6 Å². The Morgan fingerprint density at radius 1 is 1.35 bits per heavy atom. The van der Waals surface area contributed by atoms with E-state index in [1.165, 1.54) is 13.2 Å². The lowest BCUT2D eigenvalue weighted by molar-refractivity contribution is -0.141. The number of piperidine rings is 1. The highest BCUT2D eigenvalue weighted by Crippen LogP contribution is 2.37. The maximum Gasteiger partial charge on any atom is 0.324 e. The van der Waals surface area contributed by atoms with Gasteiger partial charge in [-0.25, -0.2) is 14.8 Å². The molecule has 196 valence electrons. The number of likely N-dealkylation sites (tertiary alicyclic amines) is 1. The molecule has 4 rings (SSSR count). The Hall–Kier alpha value is -3.79. The number of anilines is 1. The highest BCUT2D eigenvalue weighted by molar-refractivity contribution is 6.04. The maximum absolute atomic E-state index is 13.5. The number of aliphatic hydroxyl groups excluding tert-OH is 1. The molecular formula is C27H34N6O4. The minimum Gasteiger partial charge on any atom is -0.481 e. The van der Waals surface area contributed by atoms with Crippen LogP contribution in [0.4, 0.5) is 10.5 Å². The Bertz CT molecular complexity index is 1270. The fourth-order valence-corrected chi connectivity index (χ4v) is 4.78. The quantitative estimate of drug-likeness (QED) is 0.475. The molecular weight excluding hydrogens is 472 g/mol. The van der Waals surface area contributed by atoms with Crippen molar-refractivity contribution in [1.82, 2.24) is 19.8 Å². The van der Waals surface area contributed by atoms with Crippen molar-refractivity contribution >= 4 is 40.1 Å². The lowest BCUT2D eigenvalue weighted by atomic mass is 9.99. The number of pyridine rings is 2. The summed E-state index contributed by atoms with van der Waals surface area (Å²) in [4.78, 5) is 45.0. The second-order valence-corrected chi connectivity index (χ2v) is 9.37. The van der Waals surface area contributed by atoms with E-state index in [1.807, 2.05) is 30.2 Å². The number of carbonyl (C=O) groups excluding carboxylic acids is 2. The Morgan fingerprint density at radius 3 is 2.73 bits per heavy atom. The van der Waals surface area contributed by atoms with Crippen LogP contribution in [0.15, 0.2) is 42.2 Å². The number of fused-ring (bicyclic) bond motifs is 3.